The maximum absolute atomic E-state index is 13.4. The fraction of sp³-hybridized carbons (Fsp3) is 0.826. The molecule has 0 aromatic carbocycles. The molecular weight excluding hydrogens is 712 g/mol. The second-order valence-electron chi connectivity index (χ2n) is 20.9. The summed E-state index contributed by atoms with van der Waals surface area (Å²) in [7, 11) is 0. The molecule has 6 fully saturated rings. The summed E-state index contributed by atoms with van der Waals surface area (Å²) in [5, 5.41) is 44.3. The molecule has 0 saturated heterocycles. The molecule has 310 valence electrons. The Kier molecular flexibility index (Phi) is 10.2. The van der Waals surface area contributed by atoms with E-state index in [1.165, 1.54) is 11.1 Å². The molecule has 8 aliphatic carbocycles. The van der Waals surface area contributed by atoms with Gasteiger partial charge in [-0.3, -0.25) is 9.59 Å². The maximum atomic E-state index is 13.4. The lowest BCUT2D eigenvalue weighted by molar-refractivity contribution is -0.190. The van der Waals surface area contributed by atoms with E-state index in [1.807, 2.05) is 0 Å². The largest absolute Gasteiger partial charge is 0.458 e. The molecule has 0 heterocycles. The number of aliphatic hydroxyl groups excluding tert-OH is 4. The van der Waals surface area contributed by atoms with Crippen molar-refractivity contribution in [3.8, 4) is 0 Å². The van der Waals surface area contributed by atoms with E-state index in [0.29, 0.717) is 61.2 Å². The molecule has 0 aliphatic heterocycles. The second-order valence-corrected chi connectivity index (χ2v) is 20.9. The molecule has 0 spiro atoms. The SMILES string of the molecule is CC(=O)C1CCC2C3CC=C4CC(O)C(OC(=O)C(O)C(O)C(=O)OC5CC6(C)C(=CCC7C6CCC6(C)C(C(C)=O)CCC76)CC5O)CC4(C)C3CCC12C. The second kappa shape index (κ2) is 14.1. The van der Waals surface area contributed by atoms with Crippen molar-refractivity contribution >= 4 is 23.5 Å². The van der Waals surface area contributed by atoms with Crippen LogP contribution in [0.1, 0.15) is 131 Å². The Labute approximate surface area is 332 Å². The molecule has 56 heavy (non-hydrogen) atoms. The molecule has 10 heteroatoms. The minimum absolute atomic E-state index is 0.0125. The number of ether oxygens (including phenoxy) is 2. The predicted octanol–water partition coefficient (Wildman–Crippen LogP) is 5.81. The highest BCUT2D eigenvalue weighted by molar-refractivity contribution is 5.85. The zero-order valence-corrected chi connectivity index (χ0v) is 34.4. The maximum Gasteiger partial charge on any atom is 0.338 e. The highest BCUT2D eigenvalue weighted by Crippen LogP contribution is 2.68. The van der Waals surface area contributed by atoms with Crippen molar-refractivity contribution < 1.29 is 49.1 Å². The van der Waals surface area contributed by atoms with Crippen molar-refractivity contribution in [3.05, 3.63) is 23.3 Å². The van der Waals surface area contributed by atoms with E-state index >= 15 is 0 Å². The lowest BCUT2D eigenvalue weighted by Crippen LogP contribution is -2.55. The normalized spacial score (nSPS) is 48.9. The molecular formula is C46H66O10. The van der Waals surface area contributed by atoms with Crippen LogP contribution in [0.15, 0.2) is 23.3 Å². The van der Waals surface area contributed by atoms with Gasteiger partial charge in [-0.05, 0) is 161 Å². The minimum atomic E-state index is -2.23. The molecule has 0 amide bonds. The molecule has 0 radical (unpaired) electrons. The van der Waals surface area contributed by atoms with Crippen molar-refractivity contribution in [3.63, 3.8) is 0 Å². The van der Waals surface area contributed by atoms with Crippen LogP contribution in [0.3, 0.4) is 0 Å². The number of rotatable bonds is 7. The van der Waals surface area contributed by atoms with Crippen molar-refractivity contribution in [2.75, 3.05) is 0 Å². The first-order chi connectivity index (χ1) is 26.3. The molecule has 18 unspecified atom stereocenters. The smallest absolute Gasteiger partial charge is 0.338 e. The van der Waals surface area contributed by atoms with Crippen molar-refractivity contribution in [1.82, 2.24) is 0 Å². The summed E-state index contributed by atoms with van der Waals surface area (Å²) in [4.78, 5) is 52.0. The Hall–Kier alpha value is -2.40. The Morgan fingerprint density at radius 3 is 1.34 bits per heavy atom. The number of ketones is 2. The average molecular weight is 779 g/mol. The van der Waals surface area contributed by atoms with Crippen LogP contribution in [0, 0.1) is 69.0 Å². The number of aliphatic hydroxyl groups is 4. The van der Waals surface area contributed by atoms with E-state index in [-0.39, 0.29) is 45.1 Å². The van der Waals surface area contributed by atoms with Crippen molar-refractivity contribution in [2.45, 2.75) is 168 Å². The standard InChI is InChI=1S/C46H66O10/c1-23(47)29-11-13-31-27-9-7-25-19-35(49)37(21-45(25,5)33(27)15-17-43(29,31)3)55-41(53)39(51)40(52)42(54)56-38-22-46(6)26(20-36(38)50)8-10-28-32-14-12-30(24(2)48)44(32,4)18-16-34(28)46/h7-8,27-40,49-52H,9-22H2,1-6H3. The molecule has 0 aromatic rings. The molecule has 0 bridgehead atoms. The van der Waals surface area contributed by atoms with Crippen LogP contribution in [0.4, 0.5) is 0 Å². The monoisotopic (exact) mass is 778 g/mol. The first-order valence-electron chi connectivity index (χ1n) is 21.9. The lowest BCUT2D eigenvalue weighted by atomic mass is 9.47. The average Bonchev–Trinajstić information content (AvgIpc) is 3.69. The zero-order valence-electron chi connectivity index (χ0n) is 34.4. The topological polar surface area (TPSA) is 168 Å². The van der Waals surface area contributed by atoms with Crippen LogP contribution in [-0.4, -0.2) is 80.6 Å². The van der Waals surface area contributed by atoms with Gasteiger partial charge in [-0.15, -0.1) is 0 Å². The fourth-order valence-corrected chi connectivity index (χ4v) is 15.6. The van der Waals surface area contributed by atoms with Gasteiger partial charge in [0.25, 0.3) is 0 Å². The van der Waals surface area contributed by atoms with Crippen LogP contribution < -0.4 is 0 Å². The highest BCUT2D eigenvalue weighted by atomic mass is 16.6. The summed E-state index contributed by atoms with van der Waals surface area (Å²) in [5.41, 5.74) is 1.63. The quantitative estimate of drug-likeness (QED) is 0.183. The van der Waals surface area contributed by atoms with Gasteiger partial charge < -0.3 is 29.9 Å². The van der Waals surface area contributed by atoms with Gasteiger partial charge in [0.1, 0.15) is 23.8 Å². The molecule has 10 nitrogen and oxygen atoms in total. The Morgan fingerprint density at radius 2 is 0.982 bits per heavy atom. The Bertz CT molecular complexity index is 1580. The summed E-state index contributed by atoms with van der Waals surface area (Å²) in [6.45, 7) is 12.4. The summed E-state index contributed by atoms with van der Waals surface area (Å²) in [5.74, 6) is 0.610. The first-order valence-corrected chi connectivity index (χ1v) is 21.9. The predicted molar refractivity (Wildman–Crippen MR) is 206 cm³/mol. The van der Waals surface area contributed by atoms with E-state index < -0.39 is 48.6 Å². The van der Waals surface area contributed by atoms with Gasteiger partial charge >= 0.3 is 11.9 Å². The number of carbonyl (C=O) groups excluding carboxylic acids is 4. The van der Waals surface area contributed by atoms with Crippen LogP contribution >= 0.6 is 0 Å². The van der Waals surface area contributed by atoms with Crippen molar-refractivity contribution in [1.29, 1.82) is 0 Å². The number of fused-ring (bicyclic) bond motifs is 10. The van der Waals surface area contributed by atoms with E-state index in [0.717, 1.165) is 64.2 Å². The van der Waals surface area contributed by atoms with Crippen LogP contribution in [0.25, 0.3) is 0 Å². The highest BCUT2D eigenvalue weighted by Gasteiger charge is 2.62. The number of esters is 2. The van der Waals surface area contributed by atoms with Gasteiger partial charge in [0.05, 0.1) is 12.2 Å². The minimum Gasteiger partial charge on any atom is -0.458 e. The Morgan fingerprint density at radius 1 is 0.607 bits per heavy atom. The van der Waals surface area contributed by atoms with Crippen LogP contribution in [-0.2, 0) is 28.7 Å². The van der Waals surface area contributed by atoms with E-state index in [4.69, 9.17) is 9.47 Å². The summed E-state index contributed by atoms with van der Waals surface area (Å²) < 4.78 is 11.5. The summed E-state index contributed by atoms with van der Waals surface area (Å²) >= 11 is 0. The third kappa shape index (κ3) is 6.06. The van der Waals surface area contributed by atoms with Crippen molar-refractivity contribution in [2.24, 2.45) is 69.0 Å². The van der Waals surface area contributed by atoms with Gasteiger partial charge in [-0.2, -0.15) is 0 Å². The molecule has 18 atom stereocenters. The molecule has 8 rings (SSSR count). The van der Waals surface area contributed by atoms with Gasteiger partial charge in [0.15, 0.2) is 12.2 Å². The van der Waals surface area contributed by atoms with Gasteiger partial charge in [-0.25, -0.2) is 9.59 Å². The number of hydrogen-bond donors (Lipinski definition) is 4. The van der Waals surface area contributed by atoms with E-state index in [1.54, 1.807) is 13.8 Å². The zero-order chi connectivity index (χ0) is 40.3. The third-order valence-corrected chi connectivity index (χ3v) is 18.5. The summed E-state index contributed by atoms with van der Waals surface area (Å²) in [6, 6.07) is 0. The van der Waals surface area contributed by atoms with E-state index in [9.17, 15) is 39.6 Å². The fourth-order valence-electron chi connectivity index (χ4n) is 15.6. The third-order valence-electron chi connectivity index (χ3n) is 18.5. The first kappa shape index (κ1) is 40.4. The number of hydrogen-bond acceptors (Lipinski definition) is 10. The summed E-state index contributed by atoms with van der Waals surface area (Å²) in [6.07, 6.45) is 7.17. The number of carbonyl (C=O) groups is 4. The van der Waals surface area contributed by atoms with Gasteiger partial charge in [0.2, 0.25) is 0 Å². The lowest BCUT2D eigenvalue weighted by Gasteiger charge is -2.58. The van der Waals surface area contributed by atoms with Crippen LogP contribution in [0.5, 0.6) is 0 Å². The molecule has 4 N–H and O–H groups in total. The van der Waals surface area contributed by atoms with E-state index in [2.05, 4.69) is 39.8 Å². The Balaban J connectivity index is 0.906. The molecule has 6 saturated carbocycles. The van der Waals surface area contributed by atoms with Crippen LogP contribution in [0.2, 0.25) is 0 Å². The number of allylic oxidation sites excluding steroid dienone is 2. The van der Waals surface area contributed by atoms with Gasteiger partial charge in [0, 0.05) is 11.8 Å². The molecule has 8 aliphatic rings. The van der Waals surface area contributed by atoms with Gasteiger partial charge in [-0.1, -0.05) is 51.0 Å². The molecule has 0 aromatic heterocycles. The number of Topliss-reactive ketones (excluding diaryl/α,β-unsaturated/α-hetero) is 2.